The molecular formula is C16H19N5O. The summed E-state index contributed by atoms with van der Waals surface area (Å²) in [5, 5.41) is 9.83. The number of fused-ring (bicyclic) bond motifs is 1. The van der Waals surface area contributed by atoms with Gasteiger partial charge in [0.1, 0.15) is 5.82 Å². The number of benzene rings is 1. The summed E-state index contributed by atoms with van der Waals surface area (Å²) in [5.41, 5.74) is 3.39. The fourth-order valence-corrected chi connectivity index (χ4v) is 2.35. The van der Waals surface area contributed by atoms with Gasteiger partial charge in [-0.1, -0.05) is 13.8 Å². The molecule has 0 radical (unpaired) electrons. The summed E-state index contributed by atoms with van der Waals surface area (Å²) in [5.74, 6) is 1.60. The van der Waals surface area contributed by atoms with Crippen molar-refractivity contribution >= 4 is 22.8 Å². The molecule has 3 aromatic rings. The minimum Gasteiger partial charge on any atom is -0.331 e. The highest BCUT2D eigenvalue weighted by Gasteiger charge is 2.12. The molecule has 6 heteroatoms. The lowest BCUT2D eigenvalue weighted by molar-refractivity contribution is 0.102. The van der Waals surface area contributed by atoms with E-state index in [2.05, 4.69) is 34.3 Å². The van der Waals surface area contributed by atoms with E-state index in [4.69, 9.17) is 0 Å². The topological polar surface area (TPSA) is 75.6 Å². The van der Waals surface area contributed by atoms with Gasteiger partial charge in [0.05, 0.1) is 11.0 Å². The van der Waals surface area contributed by atoms with Gasteiger partial charge in [0.25, 0.3) is 5.91 Å². The van der Waals surface area contributed by atoms with Crippen LogP contribution in [0.5, 0.6) is 0 Å². The second-order valence-electron chi connectivity index (χ2n) is 5.74. The quantitative estimate of drug-likeness (QED) is 0.780. The maximum atomic E-state index is 12.3. The Hall–Kier alpha value is -2.63. The Balaban J connectivity index is 1.85. The molecule has 2 heterocycles. The van der Waals surface area contributed by atoms with Crippen molar-refractivity contribution in [2.75, 3.05) is 5.32 Å². The van der Waals surface area contributed by atoms with E-state index in [-0.39, 0.29) is 5.91 Å². The van der Waals surface area contributed by atoms with Crippen molar-refractivity contribution in [2.24, 2.45) is 7.05 Å². The van der Waals surface area contributed by atoms with E-state index in [1.54, 1.807) is 12.1 Å². The second-order valence-corrected chi connectivity index (χ2v) is 5.74. The smallest absolute Gasteiger partial charge is 0.256 e. The maximum Gasteiger partial charge on any atom is 0.256 e. The van der Waals surface area contributed by atoms with Crippen LogP contribution < -0.4 is 5.32 Å². The molecule has 0 spiro atoms. The van der Waals surface area contributed by atoms with Gasteiger partial charge in [0.2, 0.25) is 0 Å². The average molecular weight is 297 g/mol. The number of hydrogen-bond acceptors (Lipinski definition) is 3. The average Bonchev–Trinajstić information content (AvgIpc) is 3.05. The molecule has 1 aromatic carbocycles. The summed E-state index contributed by atoms with van der Waals surface area (Å²) < 4.78 is 2.00. The number of anilines is 1. The Morgan fingerprint density at radius 3 is 2.77 bits per heavy atom. The van der Waals surface area contributed by atoms with Gasteiger partial charge in [0, 0.05) is 24.4 Å². The van der Waals surface area contributed by atoms with Crippen molar-refractivity contribution in [3.05, 3.63) is 41.3 Å². The van der Waals surface area contributed by atoms with Crippen LogP contribution in [0.25, 0.3) is 11.0 Å². The van der Waals surface area contributed by atoms with Crippen molar-refractivity contribution in [2.45, 2.75) is 26.7 Å². The lowest BCUT2D eigenvalue weighted by Crippen LogP contribution is -2.12. The van der Waals surface area contributed by atoms with E-state index in [0.29, 0.717) is 17.3 Å². The molecule has 0 saturated carbocycles. The van der Waals surface area contributed by atoms with Crippen LogP contribution in [0.4, 0.5) is 5.82 Å². The Bertz CT molecular complexity index is 843. The fourth-order valence-electron chi connectivity index (χ4n) is 2.35. The number of amides is 1. The van der Waals surface area contributed by atoms with Gasteiger partial charge in [-0.2, -0.15) is 5.10 Å². The van der Waals surface area contributed by atoms with Gasteiger partial charge in [0.15, 0.2) is 5.82 Å². The number of H-pyrrole nitrogens is 1. The molecule has 0 unspecified atom stereocenters. The lowest BCUT2D eigenvalue weighted by Gasteiger charge is -2.02. The minimum absolute atomic E-state index is 0.188. The molecule has 114 valence electrons. The standard InChI is InChI=1S/C16H19N5O/c1-9(2)12-8-15(20-19-12)18-16(22)11-5-6-14-13(7-11)17-10(3)21(14)4/h5-9H,1-4H3,(H2,18,19,20,22). The van der Waals surface area contributed by atoms with E-state index in [1.165, 1.54) is 0 Å². The van der Waals surface area contributed by atoms with Crippen LogP contribution in [0.3, 0.4) is 0 Å². The molecule has 0 aliphatic carbocycles. The molecule has 0 aliphatic heterocycles. The second kappa shape index (κ2) is 5.29. The van der Waals surface area contributed by atoms with Crippen LogP contribution >= 0.6 is 0 Å². The van der Waals surface area contributed by atoms with Gasteiger partial charge in [-0.25, -0.2) is 4.98 Å². The zero-order valence-corrected chi connectivity index (χ0v) is 13.1. The molecule has 2 aromatic heterocycles. The Labute approximate surface area is 128 Å². The first kappa shape index (κ1) is 14.3. The van der Waals surface area contributed by atoms with E-state index in [9.17, 15) is 4.79 Å². The van der Waals surface area contributed by atoms with Gasteiger partial charge in [-0.05, 0) is 31.0 Å². The van der Waals surface area contributed by atoms with Gasteiger partial charge < -0.3 is 9.88 Å². The molecule has 1 amide bonds. The number of aromatic nitrogens is 4. The number of nitrogens with one attached hydrogen (secondary N) is 2. The van der Waals surface area contributed by atoms with Crippen LogP contribution in [0, 0.1) is 6.92 Å². The molecule has 6 nitrogen and oxygen atoms in total. The predicted octanol–water partition coefficient (Wildman–Crippen LogP) is 2.98. The van der Waals surface area contributed by atoms with Crippen molar-refractivity contribution < 1.29 is 4.79 Å². The summed E-state index contributed by atoms with van der Waals surface area (Å²) in [6.45, 7) is 6.07. The van der Waals surface area contributed by atoms with Crippen LogP contribution in [0.1, 0.15) is 41.6 Å². The van der Waals surface area contributed by atoms with Crippen LogP contribution in [0.15, 0.2) is 24.3 Å². The SMILES string of the molecule is Cc1nc2cc(C(=O)Nc3cc(C(C)C)[nH]n3)ccc2n1C. The number of carbonyl (C=O) groups excluding carboxylic acids is 1. The summed E-state index contributed by atoms with van der Waals surface area (Å²) in [7, 11) is 1.96. The number of hydrogen-bond donors (Lipinski definition) is 2. The lowest BCUT2D eigenvalue weighted by atomic mass is 10.1. The Kier molecular flexibility index (Phi) is 3.44. The number of aryl methyl sites for hydroxylation is 2. The summed E-state index contributed by atoms with van der Waals surface area (Å²) in [6, 6.07) is 7.36. The number of imidazole rings is 1. The van der Waals surface area contributed by atoms with Crippen LogP contribution in [-0.4, -0.2) is 25.7 Å². The number of rotatable bonds is 3. The summed E-state index contributed by atoms with van der Waals surface area (Å²) in [6.07, 6.45) is 0. The monoisotopic (exact) mass is 297 g/mol. The number of nitrogens with zero attached hydrogens (tertiary/aromatic N) is 3. The van der Waals surface area contributed by atoms with Gasteiger partial charge in [-0.3, -0.25) is 9.89 Å². The highest BCUT2D eigenvalue weighted by molar-refractivity contribution is 6.05. The highest BCUT2D eigenvalue weighted by atomic mass is 16.1. The van der Waals surface area contributed by atoms with Gasteiger partial charge >= 0.3 is 0 Å². The van der Waals surface area contributed by atoms with Crippen LogP contribution in [-0.2, 0) is 7.05 Å². The largest absolute Gasteiger partial charge is 0.331 e. The molecule has 0 saturated heterocycles. The first-order valence-electron chi connectivity index (χ1n) is 7.25. The van der Waals surface area contributed by atoms with Crippen molar-refractivity contribution in [3.63, 3.8) is 0 Å². The number of aromatic amines is 1. The van der Waals surface area contributed by atoms with Crippen LogP contribution in [0.2, 0.25) is 0 Å². The third kappa shape index (κ3) is 2.47. The zero-order chi connectivity index (χ0) is 15.9. The third-order valence-corrected chi connectivity index (χ3v) is 3.83. The van der Waals surface area contributed by atoms with E-state index >= 15 is 0 Å². The first-order chi connectivity index (χ1) is 10.5. The predicted molar refractivity (Wildman–Crippen MR) is 86.1 cm³/mol. The van der Waals surface area contributed by atoms with E-state index in [0.717, 1.165) is 22.6 Å². The molecule has 22 heavy (non-hydrogen) atoms. The third-order valence-electron chi connectivity index (χ3n) is 3.83. The molecule has 0 atom stereocenters. The molecule has 0 fully saturated rings. The molecule has 0 bridgehead atoms. The zero-order valence-electron chi connectivity index (χ0n) is 13.1. The Morgan fingerprint density at radius 1 is 1.32 bits per heavy atom. The number of carbonyl (C=O) groups is 1. The Morgan fingerprint density at radius 2 is 2.09 bits per heavy atom. The van der Waals surface area contributed by atoms with Crippen molar-refractivity contribution in [3.8, 4) is 0 Å². The maximum absolute atomic E-state index is 12.3. The normalized spacial score (nSPS) is 11.3. The van der Waals surface area contributed by atoms with Crippen molar-refractivity contribution in [1.82, 2.24) is 19.7 Å². The molecule has 0 aliphatic rings. The fraction of sp³-hybridized carbons (Fsp3) is 0.312. The first-order valence-corrected chi connectivity index (χ1v) is 7.25. The molecule has 2 N–H and O–H groups in total. The summed E-state index contributed by atoms with van der Waals surface area (Å²) >= 11 is 0. The molecular weight excluding hydrogens is 278 g/mol. The summed E-state index contributed by atoms with van der Waals surface area (Å²) in [4.78, 5) is 16.8. The van der Waals surface area contributed by atoms with E-state index in [1.807, 2.05) is 30.7 Å². The van der Waals surface area contributed by atoms with Gasteiger partial charge in [-0.15, -0.1) is 0 Å². The molecule has 3 rings (SSSR count). The van der Waals surface area contributed by atoms with Crippen molar-refractivity contribution in [1.29, 1.82) is 0 Å². The van der Waals surface area contributed by atoms with E-state index < -0.39 is 0 Å². The highest BCUT2D eigenvalue weighted by Crippen LogP contribution is 2.18. The minimum atomic E-state index is -0.188.